The standard InChI is InChI=1S/C17H15F3N2O4/c1-10(23)11-4-6-15(16(7-11)22(24)25)21-9-12-3-5-13(26-2)8-14(12)17(18,19)20/h3-8,21H,9H2,1-2H3. The van der Waals surface area contributed by atoms with Crippen molar-refractivity contribution >= 4 is 17.2 Å². The zero-order chi connectivity index (χ0) is 19.5. The topological polar surface area (TPSA) is 81.5 Å². The van der Waals surface area contributed by atoms with E-state index in [0.29, 0.717) is 0 Å². The first-order valence-electron chi connectivity index (χ1n) is 7.41. The van der Waals surface area contributed by atoms with Crippen molar-refractivity contribution in [2.45, 2.75) is 19.6 Å². The number of rotatable bonds is 6. The number of benzene rings is 2. The summed E-state index contributed by atoms with van der Waals surface area (Å²) >= 11 is 0. The van der Waals surface area contributed by atoms with Gasteiger partial charge in [-0.2, -0.15) is 13.2 Å². The maximum absolute atomic E-state index is 13.2. The van der Waals surface area contributed by atoms with Crippen LogP contribution in [0, 0.1) is 10.1 Å². The van der Waals surface area contributed by atoms with E-state index < -0.39 is 16.7 Å². The fraction of sp³-hybridized carbons (Fsp3) is 0.235. The number of nitro groups is 1. The third-order valence-electron chi connectivity index (χ3n) is 3.69. The summed E-state index contributed by atoms with van der Waals surface area (Å²) in [7, 11) is 1.26. The molecule has 0 atom stereocenters. The van der Waals surface area contributed by atoms with E-state index in [9.17, 15) is 28.1 Å². The highest BCUT2D eigenvalue weighted by Gasteiger charge is 2.33. The van der Waals surface area contributed by atoms with Gasteiger partial charge in [0, 0.05) is 18.2 Å². The van der Waals surface area contributed by atoms with Gasteiger partial charge < -0.3 is 10.1 Å². The highest BCUT2D eigenvalue weighted by atomic mass is 19.4. The van der Waals surface area contributed by atoms with Crippen molar-refractivity contribution in [3.63, 3.8) is 0 Å². The van der Waals surface area contributed by atoms with Crippen LogP contribution in [0.25, 0.3) is 0 Å². The molecule has 26 heavy (non-hydrogen) atoms. The molecule has 0 unspecified atom stereocenters. The second-order valence-electron chi connectivity index (χ2n) is 5.42. The first-order valence-corrected chi connectivity index (χ1v) is 7.41. The number of Topliss-reactive ketones (excluding diaryl/α,β-unsaturated/α-hetero) is 1. The molecule has 0 aliphatic heterocycles. The lowest BCUT2D eigenvalue weighted by Crippen LogP contribution is -2.12. The Hall–Kier alpha value is -3.10. The highest BCUT2D eigenvalue weighted by molar-refractivity contribution is 5.95. The molecule has 9 heteroatoms. The molecule has 0 radical (unpaired) electrons. The smallest absolute Gasteiger partial charge is 0.416 e. The van der Waals surface area contributed by atoms with Gasteiger partial charge in [0.05, 0.1) is 17.6 Å². The third-order valence-corrected chi connectivity index (χ3v) is 3.69. The summed E-state index contributed by atoms with van der Waals surface area (Å²) in [5, 5.41) is 13.8. The average molecular weight is 368 g/mol. The molecular formula is C17H15F3N2O4. The molecule has 0 bridgehead atoms. The Morgan fingerprint density at radius 3 is 2.46 bits per heavy atom. The Balaban J connectivity index is 2.34. The molecule has 0 aromatic heterocycles. The van der Waals surface area contributed by atoms with E-state index in [-0.39, 0.29) is 40.6 Å². The van der Waals surface area contributed by atoms with Crippen LogP contribution in [0.2, 0.25) is 0 Å². The molecule has 0 aliphatic rings. The van der Waals surface area contributed by atoms with Crippen molar-refractivity contribution in [1.29, 1.82) is 0 Å². The molecule has 0 heterocycles. The Morgan fingerprint density at radius 2 is 1.92 bits per heavy atom. The van der Waals surface area contributed by atoms with Crippen LogP contribution in [0.15, 0.2) is 36.4 Å². The molecule has 1 N–H and O–H groups in total. The summed E-state index contributed by atoms with van der Waals surface area (Å²) in [6.45, 7) is 0.970. The van der Waals surface area contributed by atoms with Crippen molar-refractivity contribution in [2.75, 3.05) is 12.4 Å². The van der Waals surface area contributed by atoms with Crippen molar-refractivity contribution in [3.8, 4) is 5.75 Å². The van der Waals surface area contributed by atoms with Crippen LogP contribution in [0.4, 0.5) is 24.5 Å². The number of carbonyl (C=O) groups is 1. The van der Waals surface area contributed by atoms with Gasteiger partial charge in [-0.15, -0.1) is 0 Å². The van der Waals surface area contributed by atoms with Crippen molar-refractivity contribution in [1.82, 2.24) is 0 Å². The summed E-state index contributed by atoms with van der Waals surface area (Å²) < 4.78 is 44.4. The summed E-state index contributed by atoms with van der Waals surface area (Å²) in [5.74, 6) is -0.299. The minimum absolute atomic E-state index is 0.0175. The summed E-state index contributed by atoms with van der Waals surface area (Å²) in [4.78, 5) is 21.8. The molecule has 0 fully saturated rings. The van der Waals surface area contributed by atoms with E-state index in [1.807, 2.05) is 0 Å². The van der Waals surface area contributed by atoms with E-state index in [1.54, 1.807) is 0 Å². The van der Waals surface area contributed by atoms with Gasteiger partial charge >= 0.3 is 6.18 Å². The SMILES string of the molecule is COc1ccc(CNc2ccc(C(C)=O)cc2[N+](=O)[O-])c(C(F)(F)F)c1. The first kappa shape index (κ1) is 19.2. The fourth-order valence-corrected chi connectivity index (χ4v) is 2.34. The van der Waals surface area contributed by atoms with Gasteiger partial charge in [-0.3, -0.25) is 14.9 Å². The molecule has 0 saturated heterocycles. The van der Waals surface area contributed by atoms with Crippen LogP contribution in [0.5, 0.6) is 5.75 Å². The average Bonchev–Trinajstić information content (AvgIpc) is 2.58. The van der Waals surface area contributed by atoms with Crippen molar-refractivity contribution in [3.05, 3.63) is 63.2 Å². The van der Waals surface area contributed by atoms with E-state index in [0.717, 1.165) is 12.1 Å². The number of alkyl halides is 3. The van der Waals surface area contributed by atoms with Gasteiger partial charge in [-0.1, -0.05) is 6.07 Å². The number of nitro benzene ring substituents is 1. The number of carbonyl (C=O) groups excluding carboxylic acids is 1. The van der Waals surface area contributed by atoms with Crippen LogP contribution >= 0.6 is 0 Å². The highest BCUT2D eigenvalue weighted by Crippen LogP contribution is 2.35. The molecule has 6 nitrogen and oxygen atoms in total. The minimum Gasteiger partial charge on any atom is -0.497 e. The lowest BCUT2D eigenvalue weighted by atomic mass is 10.1. The van der Waals surface area contributed by atoms with Crippen LogP contribution in [0.1, 0.15) is 28.4 Å². The lowest BCUT2D eigenvalue weighted by Gasteiger charge is -2.15. The van der Waals surface area contributed by atoms with Crippen LogP contribution in [0.3, 0.4) is 0 Å². The monoisotopic (exact) mass is 368 g/mol. The van der Waals surface area contributed by atoms with Crippen LogP contribution < -0.4 is 10.1 Å². The van der Waals surface area contributed by atoms with Crippen molar-refractivity contribution in [2.24, 2.45) is 0 Å². The van der Waals surface area contributed by atoms with Crippen LogP contribution in [-0.4, -0.2) is 17.8 Å². The van der Waals surface area contributed by atoms with Crippen LogP contribution in [-0.2, 0) is 12.7 Å². The van der Waals surface area contributed by atoms with Gasteiger partial charge in [-0.25, -0.2) is 0 Å². The molecule has 138 valence electrons. The number of nitrogens with one attached hydrogen (secondary N) is 1. The second-order valence-corrected chi connectivity index (χ2v) is 5.42. The molecule has 0 saturated carbocycles. The van der Waals surface area contributed by atoms with E-state index in [4.69, 9.17) is 4.74 Å². The Morgan fingerprint density at radius 1 is 1.23 bits per heavy atom. The zero-order valence-corrected chi connectivity index (χ0v) is 13.9. The third kappa shape index (κ3) is 4.29. The van der Waals surface area contributed by atoms with Gasteiger partial charge in [0.1, 0.15) is 11.4 Å². The van der Waals surface area contributed by atoms with Gasteiger partial charge in [0.15, 0.2) is 5.78 Å². The molecule has 0 spiro atoms. The van der Waals surface area contributed by atoms with Gasteiger partial charge in [0.25, 0.3) is 5.69 Å². The number of ketones is 1. The van der Waals surface area contributed by atoms with E-state index in [2.05, 4.69) is 5.32 Å². The van der Waals surface area contributed by atoms with E-state index in [1.165, 1.54) is 38.3 Å². The van der Waals surface area contributed by atoms with Gasteiger partial charge in [0.2, 0.25) is 0 Å². The van der Waals surface area contributed by atoms with Gasteiger partial charge in [-0.05, 0) is 36.8 Å². The lowest BCUT2D eigenvalue weighted by molar-refractivity contribution is -0.384. The number of anilines is 1. The number of hydrogen-bond acceptors (Lipinski definition) is 5. The van der Waals surface area contributed by atoms with E-state index >= 15 is 0 Å². The Kier molecular flexibility index (Phi) is 5.49. The minimum atomic E-state index is -4.60. The normalized spacial score (nSPS) is 11.1. The number of methoxy groups -OCH3 is 1. The number of ether oxygens (including phenoxy) is 1. The first-order chi connectivity index (χ1) is 12.1. The molecule has 0 amide bonds. The number of hydrogen-bond donors (Lipinski definition) is 1. The second kappa shape index (κ2) is 7.42. The number of nitrogens with zero attached hydrogens (tertiary/aromatic N) is 1. The molecular weight excluding hydrogens is 353 g/mol. The zero-order valence-electron chi connectivity index (χ0n) is 13.9. The van der Waals surface area contributed by atoms with Crippen molar-refractivity contribution < 1.29 is 27.6 Å². The maximum atomic E-state index is 13.2. The largest absolute Gasteiger partial charge is 0.497 e. The molecule has 0 aliphatic carbocycles. The maximum Gasteiger partial charge on any atom is 0.416 e. The molecule has 2 rings (SSSR count). The summed E-state index contributed by atoms with van der Waals surface area (Å²) in [5.41, 5.74) is -1.22. The fourth-order valence-electron chi connectivity index (χ4n) is 2.34. The molecule has 2 aromatic rings. The summed E-state index contributed by atoms with van der Waals surface area (Å²) in [6, 6.07) is 7.24. The quantitative estimate of drug-likeness (QED) is 0.463. The number of halogens is 3. The Bertz CT molecular complexity index is 850. The predicted molar refractivity (Wildman–Crippen MR) is 88.4 cm³/mol. The predicted octanol–water partition coefficient (Wildman–Crippen LogP) is 4.44. The molecule has 2 aromatic carbocycles. The summed E-state index contributed by atoms with van der Waals surface area (Å²) in [6.07, 6.45) is -4.60. The Labute approximate surface area is 146 Å².